The third-order valence-corrected chi connectivity index (χ3v) is 4.34. The molecule has 0 aromatic heterocycles. The maximum absolute atomic E-state index is 5.98. The molecule has 0 aromatic rings. The van der Waals surface area contributed by atoms with Crippen molar-refractivity contribution in [3.8, 4) is 0 Å². The Morgan fingerprint density at radius 2 is 2.24 bits per heavy atom. The largest absolute Gasteiger partial charge is 0.381 e. The third kappa shape index (κ3) is 3.19. The Bertz CT molecular complexity index is 241. The highest BCUT2D eigenvalue weighted by Crippen LogP contribution is 2.29. The summed E-state index contributed by atoms with van der Waals surface area (Å²) >= 11 is 0. The zero-order valence-electron chi connectivity index (χ0n) is 11.3. The van der Waals surface area contributed by atoms with Crippen LogP contribution in [0.2, 0.25) is 0 Å². The fourth-order valence-electron chi connectivity index (χ4n) is 3.09. The number of rotatable bonds is 3. The van der Waals surface area contributed by atoms with Crippen LogP contribution in [0.1, 0.15) is 19.8 Å². The molecule has 2 rings (SSSR count). The summed E-state index contributed by atoms with van der Waals surface area (Å²) in [7, 11) is 2.22. The summed E-state index contributed by atoms with van der Waals surface area (Å²) in [5.74, 6) is 0. The number of hydrogen-bond acceptors (Lipinski definition) is 4. The van der Waals surface area contributed by atoms with Crippen molar-refractivity contribution in [3.63, 3.8) is 0 Å². The van der Waals surface area contributed by atoms with E-state index in [9.17, 15) is 0 Å². The lowest BCUT2D eigenvalue weighted by Gasteiger charge is -2.36. The van der Waals surface area contributed by atoms with Gasteiger partial charge in [-0.25, -0.2) is 0 Å². The van der Waals surface area contributed by atoms with Gasteiger partial charge in [0.2, 0.25) is 0 Å². The van der Waals surface area contributed by atoms with Crippen molar-refractivity contribution in [2.24, 2.45) is 11.1 Å². The van der Waals surface area contributed by atoms with Gasteiger partial charge in [-0.1, -0.05) is 0 Å². The van der Waals surface area contributed by atoms with Gasteiger partial charge in [0.25, 0.3) is 0 Å². The summed E-state index contributed by atoms with van der Waals surface area (Å²) in [6, 6.07) is 0.631. The van der Waals surface area contributed by atoms with E-state index in [4.69, 9.17) is 10.5 Å². The predicted octanol–water partition coefficient (Wildman–Crippen LogP) is 0.378. The lowest BCUT2D eigenvalue weighted by molar-refractivity contribution is 0.0954. The zero-order valence-corrected chi connectivity index (χ0v) is 11.3. The van der Waals surface area contributed by atoms with Crippen molar-refractivity contribution in [1.29, 1.82) is 0 Å². The van der Waals surface area contributed by atoms with Crippen LogP contribution in [0.4, 0.5) is 0 Å². The topological polar surface area (TPSA) is 41.7 Å². The first-order valence-corrected chi connectivity index (χ1v) is 6.86. The monoisotopic (exact) mass is 241 g/mol. The van der Waals surface area contributed by atoms with Crippen LogP contribution in [0.3, 0.4) is 0 Å². The van der Waals surface area contributed by atoms with Gasteiger partial charge in [0, 0.05) is 37.7 Å². The number of likely N-dealkylation sites (N-methyl/N-ethyl adjacent to an activating group) is 1. The van der Waals surface area contributed by atoms with Gasteiger partial charge < -0.3 is 15.4 Å². The molecule has 2 aliphatic heterocycles. The van der Waals surface area contributed by atoms with E-state index in [1.165, 1.54) is 26.1 Å². The Morgan fingerprint density at radius 3 is 2.88 bits per heavy atom. The molecule has 2 heterocycles. The Hall–Kier alpha value is -0.160. The number of hydrogen-bond donors (Lipinski definition) is 1. The van der Waals surface area contributed by atoms with E-state index in [-0.39, 0.29) is 5.41 Å². The average molecular weight is 241 g/mol. The van der Waals surface area contributed by atoms with E-state index in [0.29, 0.717) is 6.04 Å². The van der Waals surface area contributed by atoms with Gasteiger partial charge in [0.1, 0.15) is 0 Å². The molecule has 100 valence electrons. The van der Waals surface area contributed by atoms with Gasteiger partial charge in [-0.3, -0.25) is 4.90 Å². The van der Waals surface area contributed by atoms with Gasteiger partial charge in [0.15, 0.2) is 0 Å². The van der Waals surface area contributed by atoms with Gasteiger partial charge in [-0.05, 0) is 39.9 Å². The van der Waals surface area contributed by atoms with Crippen LogP contribution in [-0.4, -0.2) is 68.8 Å². The summed E-state index contributed by atoms with van der Waals surface area (Å²) in [6.45, 7) is 9.52. The summed E-state index contributed by atoms with van der Waals surface area (Å²) in [4.78, 5) is 5.05. The molecule has 0 aromatic carbocycles. The van der Waals surface area contributed by atoms with Gasteiger partial charge in [-0.2, -0.15) is 0 Å². The highest BCUT2D eigenvalue weighted by Gasteiger charge is 2.36. The molecule has 0 bridgehead atoms. The number of ether oxygens (including phenoxy) is 1. The second-order valence-electron chi connectivity index (χ2n) is 5.94. The highest BCUT2D eigenvalue weighted by atomic mass is 16.5. The van der Waals surface area contributed by atoms with E-state index < -0.39 is 0 Å². The highest BCUT2D eigenvalue weighted by molar-refractivity contribution is 4.89. The van der Waals surface area contributed by atoms with Gasteiger partial charge in [-0.15, -0.1) is 0 Å². The minimum atomic E-state index is 0.219. The molecule has 2 saturated heterocycles. The molecule has 2 fully saturated rings. The second-order valence-corrected chi connectivity index (χ2v) is 5.94. The van der Waals surface area contributed by atoms with Crippen molar-refractivity contribution in [2.45, 2.75) is 25.8 Å². The zero-order chi connectivity index (χ0) is 12.3. The molecular formula is C13H27N3O. The van der Waals surface area contributed by atoms with Crippen LogP contribution in [0.15, 0.2) is 0 Å². The molecular weight excluding hydrogens is 214 g/mol. The Labute approximate surface area is 105 Å². The summed E-state index contributed by atoms with van der Waals surface area (Å²) in [6.07, 6.45) is 2.39. The summed E-state index contributed by atoms with van der Waals surface area (Å²) in [5.41, 5.74) is 6.20. The molecule has 0 saturated carbocycles. The molecule has 4 heteroatoms. The van der Waals surface area contributed by atoms with E-state index >= 15 is 0 Å². The average Bonchev–Trinajstić information content (AvgIpc) is 2.70. The maximum Gasteiger partial charge on any atom is 0.0547 e. The van der Waals surface area contributed by atoms with Crippen molar-refractivity contribution in [1.82, 2.24) is 9.80 Å². The first kappa shape index (κ1) is 13.3. The molecule has 2 N–H and O–H groups in total. The summed E-state index contributed by atoms with van der Waals surface area (Å²) in [5, 5.41) is 0. The minimum absolute atomic E-state index is 0.219. The van der Waals surface area contributed by atoms with Crippen LogP contribution in [-0.2, 0) is 4.74 Å². The van der Waals surface area contributed by atoms with Gasteiger partial charge in [0.05, 0.1) is 6.61 Å². The third-order valence-electron chi connectivity index (χ3n) is 4.34. The first-order valence-electron chi connectivity index (χ1n) is 6.86. The molecule has 4 nitrogen and oxygen atoms in total. The van der Waals surface area contributed by atoms with Crippen LogP contribution in [0.5, 0.6) is 0 Å². The lowest BCUT2D eigenvalue weighted by Crippen LogP contribution is -2.47. The van der Waals surface area contributed by atoms with Crippen LogP contribution in [0, 0.1) is 5.41 Å². The Balaban J connectivity index is 1.96. The molecule has 0 aliphatic carbocycles. The fourth-order valence-corrected chi connectivity index (χ4v) is 3.09. The van der Waals surface area contributed by atoms with E-state index in [0.717, 1.165) is 32.7 Å². The van der Waals surface area contributed by atoms with Crippen molar-refractivity contribution < 1.29 is 4.74 Å². The van der Waals surface area contributed by atoms with Crippen LogP contribution < -0.4 is 5.73 Å². The molecule has 0 radical (unpaired) electrons. The molecule has 2 aliphatic rings. The Kier molecular flexibility index (Phi) is 4.42. The minimum Gasteiger partial charge on any atom is -0.381 e. The number of nitrogens with two attached hydrogens (primary N) is 1. The first-order chi connectivity index (χ1) is 8.15. The fraction of sp³-hybridized carbons (Fsp3) is 1.00. The number of nitrogens with zero attached hydrogens (tertiary/aromatic N) is 2. The van der Waals surface area contributed by atoms with Crippen molar-refractivity contribution in [3.05, 3.63) is 0 Å². The van der Waals surface area contributed by atoms with Gasteiger partial charge >= 0.3 is 0 Å². The van der Waals surface area contributed by atoms with Crippen molar-refractivity contribution >= 4 is 0 Å². The molecule has 2 unspecified atom stereocenters. The lowest BCUT2D eigenvalue weighted by atomic mass is 9.86. The quantitative estimate of drug-likeness (QED) is 0.775. The van der Waals surface area contributed by atoms with Crippen molar-refractivity contribution in [2.75, 3.05) is 53.0 Å². The molecule has 0 spiro atoms. The maximum atomic E-state index is 5.98. The molecule has 17 heavy (non-hydrogen) atoms. The van der Waals surface area contributed by atoms with Crippen LogP contribution >= 0.6 is 0 Å². The Morgan fingerprint density at radius 1 is 1.41 bits per heavy atom. The smallest absolute Gasteiger partial charge is 0.0547 e. The second kappa shape index (κ2) is 5.65. The SMILES string of the molecule is CC1CN(C)CCCN1CC1(CN)CCOC1. The summed E-state index contributed by atoms with van der Waals surface area (Å²) < 4.78 is 5.56. The standard InChI is InChI=1S/C13H27N3O/c1-12-8-15(2)5-3-6-16(12)10-13(9-14)4-7-17-11-13/h12H,3-11,14H2,1-2H3. The molecule has 2 atom stereocenters. The van der Waals surface area contributed by atoms with Crippen LogP contribution in [0.25, 0.3) is 0 Å². The van der Waals surface area contributed by atoms with E-state index in [1.54, 1.807) is 0 Å². The van der Waals surface area contributed by atoms with E-state index in [1.807, 2.05) is 0 Å². The normalized spacial score (nSPS) is 37.2. The van der Waals surface area contributed by atoms with E-state index in [2.05, 4.69) is 23.8 Å². The molecule has 0 amide bonds. The predicted molar refractivity (Wildman–Crippen MR) is 70.1 cm³/mol.